The van der Waals surface area contributed by atoms with Gasteiger partial charge in [-0.3, -0.25) is 0 Å². The summed E-state index contributed by atoms with van der Waals surface area (Å²) in [5.41, 5.74) is 6.78. The number of hydrogen-bond donors (Lipinski definition) is 1. The third-order valence-corrected chi connectivity index (χ3v) is 3.52. The molecule has 0 saturated heterocycles. The molecule has 0 bridgehead atoms. The van der Waals surface area contributed by atoms with Crippen LogP contribution in [0.4, 0.5) is 0 Å². The summed E-state index contributed by atoms with van der Waals surface area (Å²) in [6.07, 6.45) is 0. The van der Waals surface area contributed by atoms with E-state index < -0.39 is 0 Å². The van der Waals surface area contributed by atoms with Gasteiger partial charge in [0.25, 0.3) is 0 Å². The highest BCUT2D eigenvalue weighted by Crippen LogP contribution is 2.24. The van der Waals surface area contributed by atoms with E-state index in [0.29, 0.717) is 30.2 Å². The fourth-order valence-corrected chi connectivity index (χ4v) is 2.39. The van der Waals surface area contributed by atoms with Crippen LogP contribution in [0.2, 0.25) is 0 Å². The first-order valence-electron chi connectivity index (χ1n) is 6.23. The first-order chi connectivity index (χ1) is 10.2. The fraction of sp³-hybridized carbons (Fsp3) is 0.188. The Balaban J connectivity index is 2.06. The molecule has 0 saturated carbocycles. The minimum atomic E-state index is 0.350. The number of benzene rings is 1. The van der Waals surface area contributed by atoms with Crippen molar-refractivity contribution in [1.82, 2.24) is 0 Å². The molecule has 2 rings (SSSR count). The lowest BCUT2D eigenvalue weighted by atomic mass is 10.2. The van der Waals surface area contributed by atoms with Gasteiger partial charge < -0.3 is 15.2 Å². The van der Waals surface area contributed by atoms with Crippen LogP contribution in [0.25, 0.3) is 0 Å². The molecule has 1 aromatic carbocycles. The van der Waals surface area contributed by atoms with Gasteiger partial charge in [-0.1, -0.05) is 11.8 Å². The quantitative estimate of drug-likeness (QED) is 0.881. The van der Waals surface area contributed by atoms with Crippen molar-refractivity contribution in [3.63, 3.8) is 0 Å². The van der Waals surface area contributed by atoms with Crippen LogP contribution in [-0.2, 0) is 6.61 Å². The molecule has 4 nitrogen and oxygen atoms in total. The molecule has 0 aliphatic carbocycles. The largest absolute Gasteiger partial charge is 0.497 e. The van der Waals surface area contributed by atoms with Crippen molar-refractivity contribution in [2.24, 2.45) is 5.73 Å². The molecule has 0 amide bonds. The molecule has 0 aliphatic heterocycles. The molecule has 1 heterocycles. The lowest BCUT2D eigenvalue weighted by molar-refractivity contribution is 0.307. The molecule has 21 heavy (non-hydrogen) atoms. The van der Waals surface area contributed by atoms with E-state index in [1.54, 1.807) is 36.6 Å². The number of rotatable bonds is 4. The zero-order chi connectivity index (χ0) is 15.1. The maximum atomic E-state index is 8.97. The van der Waals surface area contributed by atoms with Crippen molar-refractivity contribution < 1.29 is 9.47 Å². The second kappa shape index (κ2) is 7.35. The molecule has 106 valence electrons. The van der Waals surface area contributed by atoms with E-state index in [1.165, 1.54) is 0 Å². The highest BCUT2D eigenvalue weighted by atomic mass is 32.1. The van der Waals surface area contributed by atoms with Crippen LogP contribution in [0.3, 0.4) is 0 Å². The van der Waals surface area contributed by atoms with Gasteiger partial charge in [-0.15, -0.1) is 11.3 Å². The minimum Gasteiger partial charge on any atom is -0.497 e. The standard InChI is InChI=1S/C16H14N2O2S/c1-19-14-5-13(9-18)6-15(8-14)20-10-16-7-12(11-21-16)3-2-4-17/h5-8,11H,4,10,17H2,1H3. The van der Waals surface area contributed by atoms with Crippen LogP contribution in [0.5, 0.6) is 11.5 Å². The van der Waals surface area contributed by atoms with Crippen molar-refractivity contribution >= 4 is 11.3 Å². The molecule has 2 aromatic rings. The average molecular weight is 298 g/mol. The van der Waals surface area contributed by atoms with Gasteiger partial charge in [0.05, 0.1) is 25.3 Å². The van der Waals surface area contributed by atoms with Crippen LogP contribution >= 0.6 is 11.3 Å². The lowest BCUT2D eigenvalue weighted by Gasteiger charge is -2.07. The monoisotopic (exact) mass is 298 g/mol. The van der Waals surface area contributed by atoms with Crippen molar-refractivity contribution in [2.45, 2.75) is 6.61 Å². The van der Waals surface area contributed by atoms with Crippen LogP contribution in [0, 0.1) is 23.2 Å². The molecule has 2 N–H and O–H groups in total. The minimum absolute atomic E-state index is 0.350. The molecule has 0 aliphatic rings. The summed E-state index contributed by atoms with van der Waals surface area (Å²) in [6, 6.07) is 9.16. The zero-order valence-electron chi connectivity index (χ0n) is 11.6. The first-order valence-corrected chi connectivity index (χ1v) is 7.11. The number of hydrogen-bond acceptors (Lipinski definition) is 5. The second-order valence-corrected chi connectivity index (χ2v) is 5.10. The first kappa shape index (κ1) is 14.9. The Morgan fingerprint density at radius 3 is 2.71 bits per heavy atom. The Morgan fingerprint density at radius 2 is 2.00 bits per heavy atom. The highest BCUT2D eigenvalue weighted by Gasteiger charge is 2.04. The van der Waals surface area contributed by atoms with Gasteiger partial charge in [-0.2, -0.15) is 5.26 Å². The number of nitrogens with two attached hydrogens (primary N) is 1. The summed E-state index contributed by atoms with van der Waals surface area (Å²) in [7, 11) is 1.56. The number of ether oxygens (including phenoxy) is 2. The molecular weight excluding hydrogens is 284 g/mol. The molecule has 1 aromatic heterocycles. The SMILES string of the molecule is COc1cc(C#N)cc(OCc2cc(C#CCN)cs2)c1. The van der Waals surface area contributed by atoms with E-state index in [9.17, 15) is 0 Å². The van der Waals surface area contributed by atoms with Crippen LogP contribution in [0.15, 0.2) is 29.6 Å². The second-order valence-electron chi connectivity index (χ2n) is 4.11. The van der Waals surface area contributed by atoms with Gasteiger partial charge >= 0.3 is 0 Å². The molecule has 5 heteroatoms. The predicted molar refractivity (Wildman–Crippen MR) is 82.3 cm³/mol. The van der Waals surface area contributed by atoms with E-state index in [0.717, 1.165) is 10.4 Å². The number of thiophene rings is 1. The van der Waals surface area contributed by atoms with E-state index in [2.05, 4.69) is 17.9 Å². The highest BCUT2D eigenvalue weighted by molar-refractivity contribution is 7.10. The van der Waals surface area contributed by atoms with Crippen molar-refractivity contribution in [3.8, 4) is 29.4 Å². The Labute approximate surface area is 127 Å². The molecule has 0 spiro atoms. The topological polar surface area (TPSA) is 68.3 Å². The third kappa shape index (κ3) is 4.25. The van der Waals surface area contributed by atoms with Gasteiger partial charge in [0, 0.05) is 21.9 Å². The average Bonchev–Trinajstić information content (AvgIpc) is 2.98. The summed E-state index contributed by atoms with van der Waals surface area (Å²) in [6.45, 7) is 0.773. The lowest BCUT2D eigenvalue weighted by Crippen LogP contribution is -1.94. The summed E-state index contributed by atoms with van der Waals surface area (Å²) in [4.78, 5) is 1.05. The normalized spacial score (nSPS) is 9.38. The summed E-state index contributed by atoms with van der Waals surface area (Å²) < 4.78 is 10.8. The number of nitrogens with zero attached hydrogens (tertiary/aromatic N) is 1. The Bertz CT molecular complexity index is 720. The third-order valence-electron chi connectivity index (χ3n) is 2.61. The summed E-state index contributed by atoms with van der Waals surface area (Å²) >= 11 is 1.57. The Hall–Kier alpha value is -2.47. The Kier molecular flexibility index (Phi) is 5.22. The fourth-order valence-electron chi connectivity index (χ4n) is 1.67. The van der Waals surface area contributed by atoms with E-state index >= 15 is 0 Å². The number of nitriles is 1. The Morgan fingerprint density at radius 1 is 1.19 bits per heavy atom. The molecule has 0 atom stereocenters. The summed E-state index contributed by atoms with van der Waals surface area (Å²) in [5.74, 6) is 7.00. The molecule has 0 unspecified atom stereocenters. The molecule has 0 radical (unpaired) electrons. The van der Waals surface area contributed by atoms with Gasteiger partial charge in [-0.25, -0.2) is 0 Å². The maximum Gasteiger partial charge on any atom is 0.124 e. The van der Waals surface area contributed by atoms with Gasteiger partial charge in [-0.05, 0) is 18.2 Å². The van der Waals surface area contributed by atoms with Crippen molar-refractivity contribution in [3.05, 3.63) is 45.6 Å². The molecular formula is C16H14N2O2S. The smallest absolute Gasteiger partial charge is 0.124 e. The van der Waals surface area contributed by atoms with Crippen molar-refractivity contribution in [1.29, 1.82) is 5.26 Å². The van der Waals surface area contributed by atoms with Crippen molar-refractivity contribution in [2.75, 3.05) is 13.7 Å². The zero-order valence-corrected chi connectivity index (χ0v) is 12.4. The van der Waals surface area contributed by atoms with E-state index in [4.69, 9.17) is 20.5 Å². The predicted octanol–water partition coefficient (Wildman–Crippen LogP) is 2.52. The van der Waals surface area contributed by atoms with E-state index in [1.807, 2.05) is 11.4 Å². The maximum absolute atomic E-state index is 8.97. The van der Waals surface area contributed by atoms with Gasteiger partial charge in [0.2, 0.25) is 0 Å². The number of methoxy groups -OCH3 is 1. The molecule has 0 fully saturated rings. The van der Waals surface area contributed by atoms with Crippen LogP contribution in [0.1, 0.15) is 16.0 Å². The summed E-state index contributed by atoms with van der Waals surface area (Å²) in [5, 5.41) is 10.9. The van der Waals surface area contributed by atoms with Crippen LogP contribution < -0.4 is 15.2 Å². The van der Waals surface area contributed by atoms with Crippen LogP contribution in [-0.4, -0.2) is 13.7 Å². The van der Waals surface area contributed by atoms with Gasteiger partial charge in [0.1, 0.15) is 18.1 Å². The van der Waals surface area contributed by atoms with Gasteiger partial charge in [0.15, 0.2) is 0 Å². The van der Waals surface area contributed by atoms with E-state index in [-0.39, 0.29) is 0 Å².